The Hall–Kier alpha value is -0.690. The number of halogens is 2. The summed E-state index contributed by atoms with van der Waals surface area (Å²) in [7, 11) is -3.45. The summed E-state index contributed by atoms with van der Waals surface area (Å²) in [5.74, 6) is -0.551. The van der Waals surface area contributed by atoms with Gasteiger partial charge in [-0.15, -0.1) is 0 Å². The van der Waals surface area contributed by atoms with E-state index >= 15 is 0 Å². The van der Waals surface area contributed by atoms with Gasteiger partial charge in [-0.2, -0.15) is 0 Å². The minimum Gasteiger partial charge on any atom is -0.312 e. The molecule has 0 spiro atoms. The van der Waals surface area contributed by atoms with E-state index in [4.69, 9.17) is 16.7 Å². The predicted octanol–water partition coefficient (Wildman–Crippen LogP) is 0.857. The molecule has 1 rings (SSSR count). The largest absolute Gasteiger partial charge is 0.312 e. The Kier molecular flexibility index (Phi) is 4.67. The van der Waals surface area contributed by atoms with E-state index in [1.54, 1.807) is 6.07 Å². The van der Waals surface area contributed by atoms with Crippen LogP contribution >= 0.6 is 11.6 Å². The number of nitrogens with two attached hydrogens (primary N) is 1. The smallest absolute Gasteiger partial charge is 0.210 e. The zero-order valence-electron chi connectivity index (χ0n) is 8.41. The van der Waals surface area contributed by atoms with E-state index in [-0.39, 0.29) is 12.3 Å². The van der Waals surface area contributed by atoms with Crippen LogP contribution < -0.4 is 10.5 Å². The first-order chi connectivity index (χ1) is 7.38. The van der Waals surface area contributed by atoms with Crippen molar-refractivity contribution in [3.05, 3.63) is 34.6 Å². The maximum Gasteiger partial charge on any atom is 0.210 e. The van der Waals surface area contributed by atoms with Gasteiger partial charge in [0.25, 0.3) is 0 Å². The highest BCUT2D eigenvalue weighted by atomic mass is 35.5. The number of rotatable bonds is 5. The van der Waals surface area contributed by atoms with Gasteiger partial charge in [-0.25, -0.2) is 17.9 Å². The summed E-state index contributed by atoms with van der Waals surface area (Å²) in [6, 6.07) is 4.04. The van der Waals surface area contributed by atoms with Gasteiger partial charge in [0.15, 0.2) is 0 Å². The molecule has 0 heterocycles. The molecule has 0 unspecified atom stereocenters. The molecule has 0 aliphatic rings. The molecule has 0 aliphatic heterocycles. The lowest BCUT2D eigenvalue weighted by Gasteiger charge is -2.06. The van der Waals surface area contributed by atoms with E-state index in [2.05, 4.69) is 5.32 Å². The Bertz CT molecular complexity index is 465. The van der Waals surface area contributed by atoms with Crippen molar-refractivity contribution in [2.75, 3.05) is 12.3 Å². The van der Waals surface area contributed by atoms with Crippen molar-refractivity contribution in [3.63, 3.8) is 0 Å². The van der Waals surface area contributed by atoms with Crippen LogP contribution in [0.25, 0.3) is 0 Å². The molecular weight excluding hydrogens is 255 g/mol. The molecule has 0 aliphatic carbocycles. The van der Waals surface area contributed by atoms with Crippen LogP contribution in [0.5, 0.6) is 0 Å². The third-order valence-corrected chi connectivity index (χ3v) is 3.02. The molecule has 0 amide bonds. The van der Waals surface area contributed by atoms with E-state index < -0.39 is 15.8 Å². The Morgan fingerprint density at radius 1 is 1.44 bits per heavy atom. The average Bonchev–Trinajstić information content (AvgIpc) is 2.13. The Labute approximate surface area is 98.6 Å². The minimum atomic E-state index is -3.45. The van der Waals surface area contributed by atoms with Crippen molar-refractivity contribution < 1.29 is 12.8 Å². The number of hydrogen-bond acceptors (Lipinski definition) is 3. The van der Waals surface area contributed by atoms with E-state index in [1.165, 1.54) is 12.1 Å². The van der Waals surface area contributed by atoms with Gasteiger partial charge in [-0.1, -0.05) is 17.7 Å². The van der Waals surface area contributed by atoms with Gasteiger partial charge >= 0.3 is 0 Å². The molecule has 16 heavy (non-hydrogen) atoms. The molecule has 0 aromatic heterocycles. The zero-order valence-corrected chi connectivity index (χ0v) is 9.98. The molecule has 7 heteroatoms. The molecule has 0 bridgehead atoms. The number of sulfonamides is 1. The van der Waals surface area contributed by atoms with Crippen LogP contribution in [0, 0.1) is 5.82 Å². The fraction of sp³-hybridized carbons (Fsp3) is 0.333. The number of benzene rings is 1. The van der Waals surface area contributed by atoms with Crippen LogP contribution in [-0.4, -0.2) is 20.7 Å². The highest BCUT2D eigenvalue weighted by molar-refractivity contribution is 7.89. The van der Waals surface area contributed by atoms with Gasteiger partial charge in [0.2, 0.25) is 10.0 Å². The van der Waals surface area contributed by atoms with Gasteiger partial charge in [0.05, 0.1) is 5.75 Å². The van der Waals surface area contributed by atoms with Crippen molar-refractivity contribution >= 4 is 21.6 Å². The summed E-state index contributed by atoms with van der Waals surface area (Å²) < 4.78 is 33.9. The van der Waals surface area contributed by atoms with Crippen molar-refractivity contribution in [1.82, 2.24) is 5.32 Å². The van der Waals surface area contributed by atoms with Crippen molar-refractivity contribution in [2.45, 2.75) is 6.54 Å². The maximum atomic E-state index is 12.7. The monoisotopic (exact) mass is 266 g/mol. The van der Waals surface area contributed by atoms with E-state index in [0.29, 0.717) is 17.1 Å². The van der Waals surface area contributed by atoms with Gasteiger partial charge < -0.3 is 5.32 Å². The average molecular weight is 267 g/mol. The van der Waals surface area contributed by atoms with Crippen LogP contribution in [0.1, 0.15) is 5.56 Å². The van der Waals surface area contributed by atoms with Crippen LogP contribution in [0.15, 0.2) is 18.2 Å². The molecular formula is C9H12ClFN2O2S. The molecule has 0 fully saturated rings. The number of hydrogen-bond donors (Lipinski definition) is 2. The van der Waals surface area contributed by atoms with E-state index in [0.717, 1.165) is 0 Å². The highest BCUT2D eigenvalue weighted by Crippen LogP contribution is 2.16. The van der Waals surface area contributed by atoms with Crippen molar-refractivity contribution in [1.29, 1.82) is 0 Å². The summed E-state index contributed by atoms with van der Waals surface area (Å²) in [5.41, 5.74) is 0.706. The Morgan fingerprint density at radius 2 is 2.12 bits per heavy atom. The van der Waals surface area contributed by atoms with E-state index in [9.17, 15) is 12.8 Å². The lowest BCUT2D eigenvalue weighted by atomic mass is 10.2. The first kappa shape index (κ1) is 13.4. The summed E-state index contributed by atoms with van der Waals surface area (Å²) in [6.07, 6.45) is 0. The molecule has 0 atom stereocenters. The summed E-state index contributed by atoms with van der Waals surface area (Å²) in [4.78, 5) is 0. The molecule has 1 aromatic rings. The number of nitrogens with one attached hydrogen (secondary N) is 1. The second kappa shape index (κ2) is 5.58. The first-order valence-corrected chi connectivity index (χ1v) is 6.63. The fourth-order valence-corrected chi connectivity index (χ4v) is 1.77. The lowest BCUT2D eigenvalue weighted by Crippen LogP contribution is -2.26. The van der Waals surface area contributed by atoms with Gasteiger partial charge in [0, 0.05) is 18.1 Å². The topological polar surface area (TPSA) is 72.2 Å². The lowest BCUT2D eigenvalue weighted by molar-refractivity contribution is 0.592. The zero-order chi connectivity index (χ0) is 12.2. The molecule has 3 N–H and O–H groups in total. The van der Waals surface area contributed by atoms with E-state index in [1.807, 2.05) is 0 Å². The molecule has 0 saturated carbocycles. The minimum absolute atomic E-state index is 0.147. The van der Waals surface area contributed by atoms with Gasteiger partial charge in [-0.3, -0.25) is 0 Å². The van der Waals surface area contributed by atoms with Gasteiger partial charge in [0.1, 0.15) is 5.82 Å². The standard InChI is InChI=1S/C9H12ClFN2O2S/c10-9-5-8(11)2-1-7(9)6-13-3-4-16(12,14)15/h1-2,5,13H,3-4,6H2,(H2,12,14,15). The summed E-state index contributed by atoms with van der Waals surface area (Å²) >= 11 is 5.78. The molecule has 0 saturated heterocycles. The van der Waals surface area contributed by atoms with Gasteiger partial charge in [-0.05, 0) is 17.7 Å². The summed E-state index contributed by atoms with van der Waals surface area (Å²) in [6.45, 7) is 0.598. The fourth-order valence-electron chi connectivity index (χ4n) is 1.10. The Morgan fingerprint density at radius 3 is 2.69 bits per heavy atom. The second-order valence-corrected chi connectivity index (χ2v) is 5.42. The third kappa shape index (κ3) is 4.89. The van der Waals surface area contributed by atoms with Crippen LogP contribution in [-0.2, 0) is 16.6 Å². The van der Waals surface area contributed by atoms with Crippen LogP contribution in [0.3, 0.4) is 0 Å². The third-order valence-electron chi connectivity index (χ3n) is 1.89. The van der Waals surface area contributed by atoms with Crippen LogP contribution in [0.2, 0.25) is 5.02 Å². The highest BCUT2D eigenvalue weighted by Gasteiger charge is 2.04. The van der Waals surface area contributed by atoms with Crippen molar-refractivity contribution in [2.24, 2.45) is 5.14 Å². The van der Waals surface area contributed by atoms with Crippen LogP contribution in [0.4, 0.5) is 4.39 Å². The second-order valence-electron chi connectivity index (χ2n) is 3.28. The number of primary sulfonamides is 1. The molecule has 1 aromatic carbocycles. The SMILES string of the molecule is NS(=O)(=O)CCNCc1ccc(F)cc1Cl. The molecule has 90 valence electrons. The molecule has 4 nitrogen and oxygen atoms in total. The quantitative estimate of drug-likeness (QED) is 0.777. The molecule has 0 radical (unpaired) electrons. The predicted molar refractivity (Wildman–Crippen MR) is 61.1 cm³/mol. The summed E-state index contributed by atoms with van der Waals surface area (Å²) in [5, 5.41) is 7.98. The first-order valence-electron chi connectivity index (χ1n) is 4.53. The van der Waals surface area contributed by atoms with Crippen molar-refractivity contribution in [3.8, 4) is 0 Å². The normalized spacial score (nSPS) is 11.7. The maximum absolute atomic E-state index is 12.7. The Balaban J connectivity index is 2.43.